The Kier molecular flexibility index (Phi) is 6.23. The summed E-state index contributed by atoms with van der Waals surface area (Å²) in [5.74, 6) is -0.901. The number of carbonyl (C=O) groups excluding carboxylic acids is 1. The number of rotatable bonds is 6. The van der Waals surface area contributed by atoms with E-state index in [4.69, 9.17) is 4.74 Å². The predicted octanol–water partition coefficient (Wildman–Crippen LogP) is 4.63. The zero-order chi connectivity index (χ0) is 21.8. The van der Waals surface area contributed by atoms with E-state index in [-0.39, 0.29) is 25.1 Å². The van der Waals surface area contributed by atoms with Gasteiger partial charge in [0.1, 0.15) is 12.4 Å². The average Bonchev–Trinajstić information content (AvgIpc) is 2.78. The van der Waals surface area contributed by atoms with Crippen molar-refractivity contribution in [2.24, 2.45) is 0 Å². The molecule has 0 unspecified atom stereocenters. The zero-order valence-corrected chi connectivity index (χ0v) is 18.0. The summed E-state index contributed by atoms with van der Waals surface area (Å²) in [4.78, 5) is 25.4. The highest BCUT2D eigenvalue weighted by Crippen LogP contribution is 2.18. The van der Waals surface area contributed by atoms with E-state index >= 15 is 0 Å². The number of hydrogen-bond acceptors (Lipinski definition) is 4. The van der Waals surface area contributed by atoms with Gasteiger partial charge >= 0.3 is 5.97 Å². The van der Waals surface area contributed by atoms with Crippen molar-refractivity contribution in [1.29, 1.82) is 0 Å². The maximum absolute atomic E-state index is 14.3. The molecule has 31 heavy (non-hydrogen) atoms. The quantitative estimate of drug-likeness (QED) is 0.377. The molecule has 0 spiro atoms. The fourth-order valence-electron chi connectivity index (χ4n) is 3.28. The van der Waals surface area contributed by atoms with Crippen molar-refractivity contribution < 1.29 is 13.9 Å². The number of esters is 1. The molecule has 0 atom stereocenters. The summed E-state index contributed by atoms with van der Waals surface area (Å²) in [7, 11) is 0. The van der Waals surface area contributed by atoms with Gasteiger partial charge in [-0.05, 0) is 23.8 Å². The Labute approximate surface area is 186 Å². The van der Waals surface area contributed by atoms with Crippen LogP contribution in [-0.2, 0) is 29.1 Å². The molecule has 0 aliphatic carbocycles. The van der Waals surface area contributed by atoms with Crippen LogP contribution in [0, 0.1) is 5.82 Å². The van der Waals surface area contributed by atoms with Gasteiger partial charge in [-0.1, -0.05) is 70.5 Å². The van der Waals surface area contributed by atoms with Gasteiger partial charge in [0.15, 0.2) is 0 Å². The molecule has 4 aromatic rings. The number of ether oxygens (including phenoxy) is 1. The van der Waals surface area contributed by atoms with Gasteiger partial charge in [0.25, 0.3) is 5.56 Å². The molecule has 0 fully saturated rings. The molecule has 156 valence electrons. The number of halogens is 2. The fourth-order valence-corrected chi connectivity index (χ4v) is 3.61. The SMILES string of the molecule is O=C(Cc1nn(Cc2ccc(Br)cc2F)c(=O)c2ccccc12)OCc1ccccc1. The largest absolute Gasteiger partial charge is 0.461 e. The van der Waals surface area contributed by atoms with Gasteiger partial charge in [0.2, 0.25) is 0 Å². The number of fused-ring (bicyclic) bond motifs is 1. The topological polar surface area (TPSA) is 61.2 Å². The summed E-state index contributed by atoms with van der Waals surface area (Å²) in [6.07, 6.45) is -0.101. The van der Waals surface area contributed by atoms with Crippen LogP contribution < -0.4 is 5.56 Å². The van der Waals surface area contributed by atoms with E-state index in [1.54, 1.807) is 36.4 Å². The van der Waals surface area contributed by atoms with Crippen molar-refractivity contribution in [3.63, 3.8) is 0 Å². The summed E-state index contributed by atoms with van der Waals surface area (Å²) in [6, 6.07) is 20.9. The van der Waals surface area contributed by atoms with Crippen LogP contribution in [0.1, 0.15) is 16.8 Å². The number of nitrogens with zero attached hydrogens (tertiary/aromatic N) is 2. The van der Waals surface area contributed by atoms with Gasteiger partial charge in [-0.3, -0.25) is 9.59 Å². The van der Waals surface area contributed by atoms with Gasteiger partial charge in [-0.25, -0.2) is 9.07 Å². The maximum Gasteiger partial charge on any atom is 0.312 e. The monoisotopic (exact) mass is 480 g/mol. The number of carbonyl (C=O) groups is 1. The molecule has 0 aliphatic rings. The van der Waals surface area contributed by atoms with E-state index in [1.807, 2.05) is 30.3 Å². The van der Waals surface area contributed by atoms with Crippen molar-refractivity contribution >= 4 is 32.7 Å². The van der Waals surface area contributed by atoms with Gasteiger partial charge in [-0.2, -0.15) is 5.10 Å². The molecule has 1 heterocycles. The first-order valence-electron chi connectivity index (χ1n) is 9.63. The number of benzene rings is 3. The molecule has 0 saturated carbocycles. The lowest BCUT2D eigenvalue weighted by molar-refractivity contribution is -0.144. The molecule has 0 aliphatic heterocycles. The fraction of sp³-hybridized carbons (Fsp3) is 0.125. The minimum atomic E-state index is -0.457. The second kappa shape index (κ2) is 9.22. The lowest BCUT2D eigenvalue weighted by atomic mass is 10.1. The highest BCUT2D eigenvalue weighted by Gasteiger charge is 2.16. The number of hydrogen-bond donors (Lipinski definition) is 0. The van der Waals surface area contributed by atoms with Crippen LogP contribution in [0.3, 0.4) is 0 Å². The van der Waals surface area contributed by atoms with E-state index < -0.39 is 11.8 Å². The molecule has 0 bridgehead atoms. The summed E-state index contributed by atoms with van der Waals surface area (Å²) in [5.41, 5.74) is 1.26. The first kappa shape index (κ1) is 20.9. The van der Waals surface area contributed by atoms with Crippen LogP contribution in [-0.4, -0.2) is 15.7 Å². The van der Waals surface area contributed by atoms with Crippen LogP contribution in [0.5, 0.6) is 0 Å². The molecule has 3 aromatic carbocycles. The first-order chi connectivity index (χ1) is 15.0. The smallest absolute Gasteiger partial charge is 0.312 e. The molecule has 0 saturated heterocycles. The minimum Gasteiger partial charge on any atom is -0.461 e. The summed E-state index contributed by atoms with van der Waals surface area (Å²) < 4.78 is 21.5. The van der Waals surface area contributed by atoms with Crippen LogP contribution >= 0.6 is 15.9 Å². The molecule has 4 rings (SSSR count). The highest BCUT2D eigenvalue weighted by molar-refractivity contribution is 9.10. The van der Waals surface area contributed by atoms with Gasteiger partial charge in [0.05, 0.1) is 24.0 Å². The lowest BCUT2D eigenvalue weighted by Crippen LogP contribution is -2.26. The van der Waals surface area contributed by atoms with E-state index in [0.29, 0.717) is 26.5 Å². The molecule has 1 aromatic heterocycles. The van der Waals surface area contributed by atoms with E-state index in [9.17, 15) is 14.0 Å². The van der Waals surface area contributed by atoms with Crippen LogP contribution in [0.25, 0.3) is 10.8 Å². The third-order valence-electron chi connectivity index (χ3n) is 4.83. The molecule has 7 heteroatoms. The Morgan fingerprint density at radius 2 is 1.71 bits per heavy atom. The molecular formula is C24H18BrFN2O3. The lowest BCUT2D eigenvalue weighted by Gasteiger charge is -2.12. The third-order valence-corrected chi connectivity index (χ3v) is 5.33. The van der Waals surface area contributed by atoms with Crippen molar-refractivity contribution in [2.75, 3.05) is 0 Å². The maximum atomic E-state index is 14.3. The molecule has 0 N–H and O–H groups in total. The zero-order valence-electron chi connectivity index (χ0n) is 16.4. The second-order valence-corrected chi connectivity index (χ2v) is 7.93. The van der Waals surface area contributed by atoms with Crippen molar-refractivity contribution in [3.05, 3.63) is 110 Å². The third kappa shape index (κ3) is 4.88. The standard InChI is InChI=1S/C24H18BrFN2O3/c25-18-11-10-17(21(26)12-18)14-28-24(30)20-9-5-4-8-19(20)22(27-28)13-23(29)31-15-16-6-2-1-3-7-16/h1-12H,13-15H2. The van der Waals surface area contributed by atoms with E-state index in [2.05, 4.69) is 21.0 Å². The van der Waals surface area contributed by atoms with Gasteiger partial charge < -0.3 is 4.74 Å². The van der Waals surface area contributed by atoms with E-state index in [1.165, 1.54) is 10.7 Å². The molecular weight excluding hydrogens is 463 g/mol. The van der Waals surface area contributed by atoms with Crippen molar-refractivity contribution in [3.8, 4) is 0 Å². The Hall–Kier alpha value is -3.32. The highest BCUT2D eigenvalue weighted by atomic mass is 79.9. The Balaban J connectivity index is 1.63. The van der Waals surface area contributed by atoms with Crippen LogP contribution in [0.4, 0.5) is 4.39 Å². The minimum absolute atomic E-state index is 0.0468. The molecule has 5 nitrogen and oxygen atoms in total. The Morgan fingerprint density at radius 3 is 2.45 bits per heavy atom. The van der Waals surface area contributed by atoms with Crippen LogP contribution in [0.15, 0.2) is 82.1 Å². The normalized spacial score (nSPS) is 10.9. The van der Waals surface area contributed by atoms with Gasteiger partial charge in [-0.15, -0.1) is 0 Å². The Morgan fingerprint density at radius 1 is 1.00 bits per heavy atom. The molecule has 0 amide bonds. The second-order valence-electron chi connectivity index (χ2n) is 7.01. The van der Waals surface area contributed by atoms with Gasteiger partial charge in [0, 0.05) is 15.4 Å². The number of aromatic nitrogens is 2. The Bertz CT molecular complexity index is 1310. The summed E-state index contributed by atoms with van der Waals surface area (Å²) in [5, 5.41) is 5.38. The van der Waals surface area contributed by atoms with Crippen LogP contribution in [0.2, 0.25) is 0 Å². The predicted molar refractivity (Wildman–Crippen MR) is 119 cm³/mol. The van der Waals surface area contributed by atoms with Crippen molar-refractivity contribution in [2.45, 2.75) is 19.6 Å². The first-order valence-corrected chi connectivity index (χ1v) is 10.4. The summed E-state index contributed by atoms with van der Waals surface area (Å²) in [6.45, 7) is 0.107. The summed E-state index contributed by atoms with van der Waals surface area (Å²) >= 11 is 3.22. The van der Waals surface area contributed by atoms with Crippen molar-refractivity contribution in [1.82, 2.24) is 9.78 Å². The van der Waals surface area contributed by atoms with E-state index in [0.717, 1.165) is 5.56 Å². The molecule has 0 radical (unpaired) electrons. The average molecular weight is 481 g/mol.